The van der Waals surface area contributed by atoms with Gasteiger partial charge in [-0.05, 0) is 43.2 Å². The zero-order valence-corrected chi connectivity index (χ0v) is 16.6. The minimum atomic E-state index is 0.281. The predicted octanol–water partition coefficient (Wildman–Crippen LogP) is 2.56. The van der Waals surface area contributed by atoms with E-state index in [4.69, 9.17) is 9.47 Å². The molecule has 150 valence electrons. The second-order valence-corrected chi connectivity index (χ2v) is 6.61. The minimum Gasteiger partial charge on any atom is -0.454 e. The van der Waals surface area contributed by atoms with Gasteiger partial charge in [0.05, 0.1) is 6.54 Å². The first kappa shape index (κ1) is 18.8. The molecule has 2 aromatic heterocycles. The van der Waals surface area contributed by atoms with Crippen LogP contribution >= 0.6 is 0 Å². The van der Waals surface area contributed by atoms with E-state index in [-0.39, 0.29) is 6.79 Å². The van der Waals surface area contributed by atoms with Gasteiger partial charge in [0, 0.05) is 31.7 Å². The standard InChI is InChI=1S/C21H24N6O2/c1-3-22-21(25-11-16-4-6-18-19(10-16)29-14-28-18)26-13-17-5-7-20(24-12-17)27-9-8-23-15(27)2/h4-10,12H,3,11,13-14H2,1-2H3,(H2,22,25,26). The monoisotopic (exact) mass is 392 g/mol. The third kappa shape index (κ3) is 4.48. The average Bonchev–Trinajstić information content (AvgIpc) is 3.39. The van der Waals surface area contributed by atoms with E-state index in [2.05, 4.69) is 25.6 Å². The molecule has 0 amide bonds. The van der Waals surface area contributed by atoms with Crippen molar-refractivity contribution < 1.29 is 9.47 Å². The maximum Gasteiger partial charge on any atom is 0.231 e. The highest BCUT2D eigenvalue weighted by Crippen LogP contribution is 2.32. The van der Waals surface area contributed by atoms with Crippen molar-refractivity contribution in [3.63, 3.8) is 0 Å². The molecule has 0 bridgehead atoms. The summed E-state index contributed by atoms with van der Waals surface area (Å²) in [4.78, 5) is 13.4. The summed E-state index contributed by atoms with van der Waals surface area (Å²) in [7, 11) is 0. The molecule has 4 rings (SSSR count). The number of benzene rings is 1. The number of aromatic nitrogens is 3. The third-order valence-corrected chi connectivity index (χ3v) is 4.54. The molecule has 3 heterocycles. The predicted molar refractivity (Wildman–Crippen MR) is 110 cm³/mol. The molecule has 0 saturated carbocycles. The topological polar surface area (TPSA) is 85.6 Å². The molecule has 2 N–H and O–H groups in total. The highest BCUT2D eigenvalue weighted by atomic mass is 16.7. The number of rotatable bonds is 6. The van der Waals surface area contributed by atoms with Gasteiger partial charge in [-0.1, -0.05) is 12.1 Å². The van der Waals surface area contributed by atoms with Crippen molar-refractivity contribution in [3.8, 4) is 17.3 Å². The largest absolute Gasteiger partial charge is 0.454 e. The summed E-state index contributed by atoms with van der Waals surface area (Å²) in [5.41, 5.74) is 2.13. The van der Waals surface area contributed by atoms with Gasteiger partial charge in [0.15, 0.2) is 17.5 Å². The summed E-state index contributed by atoms with van der Waals surface area (Å²) in [6.07, 6.45) is 5.52. The quantitative estimate of drug-likeness (QED) is 0.495. The first-order chi connectivity index (χ1) is 14.2. The Morgan fingerprint density at radius 1 is 1.10 bits per heavy atom. The molecule has 0 atom stereocenters. The van der Waals surface area contributed by atoms with Crippen molar-refractivity contribution in [3.05, 3.63) is 65.9 Å². The molecule has 0 unspecified atom stereocenters. The molecule has 1 aliphatic heterocycles. The number of guanidine groups is 1. The van der Waals surface area contributed by atoms with Gasteiger partial charge in [0.1, 0.15) is 11.6 Å². The maximum absolute atomic E-state index is 5.43. The van der Waals surface area contributed by atoms with Gasteiger partial charge in [0.2, 0.25) is 6.79 Å². The van der Waals surface area contributed by atoms with Gasteiger partial charge in [-0.25, -0.2) is 15.0 Å². The smallest absolute Gasteiger partial charge is 0.231 e. The van der Waals surface area contributed by atoms with Crippen molar-refractivity contribution in [1.82, 2.24) is 25.2 Å². The minimum absolute atomic E-state index is 0.281. The molecule has 1 aromatic carbocycles. The van der Waals surface area contributed by atoms with Crippen LogP contribution in [-0.4, -0.2) is 33.8 Å². The van der Waals surface area contributed by atoms with Crippen molar-refractivity contribution in [1.29, 1.82) is 0 Å². The molecule has 3 aromatic rings. The fourth-order valence-corrected chi connectivity index (χ4v) is 3.02. The van der Waals surface area contributed by atoms with Gasteiger partial charge in [0.25, 0.3) is 0 Å². The summed E-state index contributed by atoms with van der Waals surface area (Å²) >= 11 is 0. The summed E-state index contributed by atoms with van der Waals surface area (Å²) in [5.74, 6) is 4.08. The Kier molecular flexibility index (Phi) is 5.60. The van der Waals surface area contributed by atoms with Crippen LogP contribution in [0.4, 0.5) is 0 Å². The van der Waals surface area contributed by atoms with Crippen molar-refractivity contribution in [2.45, 2.75) is 26.9 Å². The number of hydrogen-bond donors (Lipinski definition) is 2. The van der Waals surface area contributed by atoms with Gasteiger partial charge in [-0.2, -0.15) is 0 Å². The second kappa shape index (κ2) is 8.64. The highest BCUT2D eigenvalue weighted by molar-refractivity contribution is 5.79. The maximum atomic E-state index is 5.43. The molecule has 1 aliphatic rings. The zero-order valence-electron chi connectivity index (χ0n) is 16.6. The number of fused-ring (bicyclic) bond motifs is 1. The molecule has 0 spiro atoms. The average molecular weight is 392 g/mol. The Hall–Kier alpha value is -3.55. The van der Waals surface area contributed by atoms with E-state index in [1.807, 2.05) is 61.1 Å². The van der Waals surface area contributed by atoms with Crippen LogP contribution in [0.15, 0.2) is 53.9 Å². The van der Waals surface area contributed by atoms with E-state index in [9.17, 15) is 0 Å². The molecule has 0 aliphatic carbocycles. The lowest BCUT2D eigenvalue weighted by molar-refractivity contribution is 0.174. The molecule has 0 fully saturated rings. The molecule has 8 nitrogen and oxygen atoms in total. The van der Waals surface area contributed by atoms with Gasteiger partial charge in [-0.3, -0.25) is 4.57 Å². The molecular weight excluding hydrogens is 368 g/mol. The summed E-state index contributed by atoms with van der Waals surface area (Å²) in [6, 6.07) is 9.95. The van der Waals surface area contributed by atoms with Crippen LogP contribution in [0.1, 0.15) is 23.9 Å². The van der Waals surface area contributed by atoms with Crippen LogP contribution in [0.5, 0.6) is 11.5 Å². The zero-order chi connectivity index (χ0) is 20.1. The van der Waals surface area contributed by atoms with Crippen LogP contribution in [0.25, 0.3) is 5.82 Å². The van der Waals surface area contributed by atoms with E-state index in [1.54, 1.807) is 6.20 Å². The molecule has 0 saturated heterocycles. The fourth-order valence-electron chi connectivity index (χ4n) is 3.02. The van der Waals surface area contributed by atoms with E-state index in [0.29, 0.717) is 13.1 Å². The van der Waals surface area contributed by atoms with Crippen molar-refractivity contribution in [2.24, 2.45) is 4.99 Å². The van der Waals surface area contributed by atoms with Crippen LogP contribution in [0.3, 0.4) is 0 Å². The van der Waals surface area contributed by atoms with Gasteiger partial charge >= 0.3 is 0 Å². The number of pyridine rings is 1. The Balaban J connectivity index is 1.38. The lowest BCUT2D eigenvalue weighted by Crippen LogP contribution is -2.36. The Bertz CT molecular complexity index is 997. The summed E-state index contributed by atoms with van der Waals surface area (Å²) in [6.45, 7) is 6.23. The fraction of sp³-hybridized carbons (Fsp3) is 0.286. The lowest BCUT2D eigenvalue weighted by atomic mass is 10.2. The normalized spacial score (nSPS) is 12.8. The SMILES string of the molecule is CCNC(=NCc1ccc(-n2ccnc2C)nc1)NCc1ccc2c(c1)OCO2. The van der Waals surface area contributed by atoms with Gasteiger partial charge in [-0.15, -0.1) is 0 Å². The number of nitrogens with one attached hydrogen (secondary N) is 2. The van der Waals surface area contributed by atoms with E-state index >= 15 is 0 Å². The van der Waals surface area contributed by atoms with E-state index in [0.717, 1.165) is 46.8 Å². The van der Waals surface area contributed by atoms with Gasteiger partial charge < -0.3 is 20.1 Å². The van der Waals surface area contributed by atoms with Crippen LogP contribution in [0, 0.1) is 6.92 Å². The third-order valence-electron chi connectivity index (χ3n) is 4.54. The molecular formula is C21H24N6O2. The Morgan fingerprint density at radius 2 is 1.97 bits per heavy atom. The summed E-state index contributed by atoms with van der Waals surface area (Å²) < 4.78 is 12.7. The molecule has 8 heteroatoms. The van der Waals surface area contributed by atoms with Crippen LogP contribution < -0.4 is 20.1 Å². The van der Waals surface area contributed by atoms with Crippen molar-refractivity contribution in [2.75, 3.05) is 13.3 Å². The van der Waals surface area contributed by atoms with E-state index < -0.39 is 0 Å². The Labute approximate surface area is 169 Å². The highest BCUT2D eigenvalue weighted by Gasteiger charge is 2.13. The first-order valence-corrected chi connectivity index (χ1v) is 9.59. The molecule has 0 radical (unpaired) electrons. The van der Waals surface area contributed by atoms with Crippen LogP contribution in [0.2, 0.25) is 0 Å². The second-order valence-electron chi connectivity index (χ2n) is 6.61. The van der Waals surface area contributed by atoms with E-state index in [1.165, 1.54) is 0 Å². The number of imidazole rings is 1. The first-order valence-electron chi connectivity index (χ1n) is 9.59. The van der Waals surface area contributed by atoms with Crippen LogP contribution in [-0.2, 0) is 13.1 Å². The number of nitrogens with zero attached hydrogens (tertiary/aromatic N) is 4. The number of aliphatic imine (C=N–C) groups is 1. The lowest BCUT2D eigenvalue weighted by Gasteiger charge is -2.12. The number of ether oxygens (including phenoxy) is 2. The number of hydrogen-bond acceptors (Lipinski definition) is 5. The number of aryl methyl sites for hydroxylation is 1. The Morgan fingerprint density at radius 3 is 2.72 bits per heavy atom. The van der Waals surface area contributed by atoms with Crippen molar-refractivity contribution >= 4 is 5.96 Å². The summed E-state index contributed by atoms with van der Waals surface area (Å²) in [5, 5.41) is 6.62. The molecule has 29 heavy (non-hydrogen) atoms.